The highest BCUT2D eigenvalue weighted by molar-refractivity contribution is 5.88. The van der Waals surface area contributed by atoms with E-state index >= 15 is 0 Å². The van der Waals surface area contributed by atoms with Crippen LogP contribution in [0.5, 0.6) is 23.0 Å². The van der Waals surface area contributed by atoms with Gasteiger partial charge in [0.05, 0.1) is 33.9 Å². The molecule has 0 bridgehead atoms. The third-order valence-electron chi connectivity index (χ3n) is 5.86. The molecule has 0 unspecified atom stereocenters. The third kappa shape index (κ3) is 4.88. The van der Waals surface area contributed by atoms with Crippen LogP contribution in [0.1, 0.15) is 24.0 Å². The molecule has 1 fully saturated rings. The fourth-order valence-corrected chi connectivity index (χ4v) is 4.03. The molecule has 31 heavy (non-hydrogen) atoms. The first-order valence-corrected chi connectivity index (χ1v) is 10.4. The van der Waals surface area contributed by atoms with E-state index in [1.165, 1.54) is 0 Å². The molecule has 0 aliphatic carbocycles. The van der Waals surface area contributed by atoms with Gasteiger partial charge >= 0.3 is 0 Å². The van der Waals surface area contributed by atoms with Gasteiger partial charge in [0, 0.05) is 19.8 Å². The molecule has 1 amide bonds. The smallest absolute Gasteiger partial charge is 0.230 e. The van der Waals surface area contributed by atoms with Gasteiger partial charge in [0.25, 0.3) is 0 Å². The lowest BCUT2D eigenvalue weighted by Gasteiger charge is -2.36. The lowest BCUT2D eigenvalue weighted by molar-refractivity contribution is -0.130. The fraction of sp³-hybridized carbons (Fsp3) is 0.458. The van der Waals surface area contributed by atoms with Crippen LogP contribution >= 0.6 is 0 Å². The van der Waals surface area contributed by atoms with Crippen LogP contribution in [-0.2, 0) is 21.4 Å². The Hall–Kier alpha value is -2.93. The number of methoxy groups -OCH3 is 4. The van der Waals surface area contributed by atoms with E-state index in [0.717, 1.165) is 11.1 Å². The van der Waals surface area contributed by atoms with Crippen molar-refractivity contribution in [1.29, 1.82) is 0 Å². The number of rotatable bonds is 9. The molecule has 0 atom stereocenters. The first kappa shape index (κ1) is 22.7. The maximum absolute atomic E-state index is 13.4. The van der Waals surface area contributed by atoms with Crippen molar-refractivity contribution in [1.82, 2.24) is 5.32 Å². The SMILES string of the molecule is COc1ccc(CCNC(=O)C2(c3ccc(OC)c(OC)c3)CCOCC2)cc1OC. The number of hydrogen-bond acceptors (Lipinski definition) is 6. The van der Waals surface area contributed by atoms with Gasteiger partial charge in [-0.2, -0.15) is 0 Å². The van der Waals surface area contributed by atoms with Gasteiger partial charge in [0.15, 0.2) is 23.0 Å². The van der Waals surface area contributed by atoms with Gasteiger partial charge in [-0.05, 0) is 54.7 Å². The van der Waals surface area contributed by atoms with Crippen molar-refractivity contribution in [3.8, 4) is 23.0 Å². The Labute approximate surface area is 183 Å². The van der Waals surface area contributed by atoms with E-state index in [2.05, 4.69) is 5.32 Å². The zero-order chi connectivity index (χ0) is 22.3. The van der Waals surface area contributed by atoms with Crippen LogP contribution in [0.15, 0.2) is 36.4 Å². The predicted octanol–water partition coefficient (Wildman–Crippen LogP) is 3.13. The van der Waals surface area contributed by atoms with Crippen molar-refractivity contribution in [2.24, 2.45) is 0 Å². The van der Waals surface area contributed by atoms with Crippen molar-refractivity contribution in [3.63, 3.8) is 0 Å². The molecule has 1 saturated heterocycles. The van der Waals surface area contributed by atoms with Gasteiger partial charge in [-0.1, -0.05) is 12.1 Å². The largest absolute Gasteiger partial charge is 0.493 e. The van der Waals surface area contributed by atoms with E-state index in [1.807, 2.05) is 36.4 Å². The molecule has 1 aliphatic heterocycles. The predicted molar refractivity (Wildman–Crippen MR) is 118 cm³/mol. The quantitative estimate of drug-likeness (QED) is 0.660. The molecule has 0 spiro atoms. The summed E-state index contributed by atoms with van der Waals surface area (Å²) in [5.74, 6) is 2.62. The maximum Gasteiger partial charge on any atom is 0.230 e. The second kappa shape index (κ2) is 10.4. The van der Waals surface area contributed by atoms with Gasteiger partial charge in [-0.25, -0.2) is 0 Å². The highest BCUT2D eigenvalue weighted by atomic mass is 16.5. The van der Waals surface area contributed by atoms with Crippen LogP contribution in [0.2, 0.25) is 0 Å². The molecule has 1 heterocycles. The summed E-state index contributed by atoms with van der Waals surface area (Å²) in [7, 11) is 6.42. The number of nitrogens with one attached hydrogen (secondary N) is 1. The highest BCUT2D eigenvalue weighted by Gasteiger charge is 2.42. The minimum absolute atomic E-state index is 0.00324. The molecule has 0 aromatic heterocycles. The Bertz CT molecular complexity index is 892. The van der Waals surface area contributed by atoms with Crippen LogP contribution in [0, 0.1) is 0 Å². The molecule has 0 saturated carbocycles. The zero-order valence-corrected chi connectivity index (χ0v) is 18.7. The maximum atomic E-state index is 13.4. The Morgan fingerprint density at radius 3 is 2.06 bits per heavy atom. The van der Waals surface area contributed by atoms with Gasteiger partial charge in [-0.15, -0.1) is 0 Å². The van der Waals surface area contributed by atoms with Crippen LogP contribution in [-0.4, -0.2) is 54.1 Å². The number of benzene rings is 2. The number of carbonyl (C=O) groups excluding carboxylic acids is 1. The standard InChI is InChI=1S/C24H31NO6/c1-27-19-7-5-17(15-21(19)29-3)9-12-25-23(26)24(10-13-31-14-11-24)18-6-8-20(28-2)22(16-18)30-4/h5-8,15-16H,9-14H2,1-4H3,(H,25,26). The molecule has 1 aliphatic rings. The Morgan fingerprint density at radius 2 is 1.45 bits per heavy atom. The molecule has 2 aromatic carbocycles. The zero-order valence-electron chi connectivity index (χ0n) is 18.7. The number of amides is 1. The lowest BCUT2D eigenvalue weighted by Crippen LogP contribution is -2.48. The summed E-state index contributed by atoms with van der Waals surface area (Å²) in [4.78, 5) is 13.4. The summed E-state index contributed by atoms with van der Waals surface area (Å²) >= 11 is 0. The summed E-state index contributed by atoms with van der Waals surface area (Å²) in [6.45, 7) is 1.60. The van der Waals surface area contributed by atoms with E-state index in [-0.39, 0.29) is 5.91 Å². The van der Waals surface area contributed by atoms with Gasteiger partial charge < -0.3 is 29.0 Å². The summed E-state index contributed by atoms with van der Waals surface area (Å²) in [6.07, 6.45) is 1.92. The average Bonchev–Trinajstić information content (AvgIpc) is 2.83. The monoisotopic (exact) mass is 429 g/mol. The Morgan fingerprint density at radius 1 is 0.871 bits per heavy atom. The highest BCUT2D eigenvalue weighted by Crippen LogP contribution is 2.39. The second-order valence-electron chi connectivity index (χ2n) is 7.46. The van der Waals surface area contributed by atoms with Crippen molar-refractivity contribution in [2.75, 3.05) is 48.2 Å². The Balaban J connectivity index is 1.75. The van der Waals surface area contributed by atoms with E-state index < -0.39 is 5.41 Å². The summed E-state index contributed by atoms with van der Waals surface area (Å²) in [6, 6.07) is 11.5. The molecule has 2 aromatic rings. The normalized spacial score (nSPS) is 15.1. The van der Waals surface area contributed by atoms with Crippen LogP contribution in [0.25, 0.3) is 0 Å². The molecular formula is C24H31NO6. The molecule has 1 N–H and O–H groups in total. The van der Waals surface area contributed by atoms with E-state index in [1.54, 1.807) is 28.4 Å². The van der Waals surface area contributed by atoms with E-state index in [9.17, 15) is 4.79 Å². The van der Waals surface area contributed by atoms with Crippen molar-refractivity contribution in [2.45, 2.75) is 24.7 Å². The summed E-state index contributed by atoms with van der Waals surface area (Å²) < 4.78 is 27.0. The van der Waals surface area contributed by atoms with Crippen LogP contribution in [0.4, 0.5) is 0 Å². The third-order valence-corrected chi connectivity index (χ3v) is 5.86. The summed E-state index contributed by atoms with van der Waals surface area (Å²) in [5, 5.41) is 3.13. The van der Waals surface area contributed by atoms with E-state index in [0.29, 0.717) is 62.0 Å². The minimum atomic E-state index is -0.657. The van der Waals surface area contributed by atoms with Crippen LogP contribution in [0.3, 0.4) is 0 Å². The van der Waals surface area contributed by atoms with Crippen molar-refractivity contribution < 1.29 is 28.5 Å². The first-order chi connectivity index (χ1) is 15.1. The molecule has 7 heteroatoms. The average molecular weight is 430 g/mol. The van der Waals surface area contributed by atoms with Crippen molar-refractivity contribution >= 4 is 5.91 Å². The number of ether oxygens (including phenoxy) is 5. The molecular weight excluding hydrogens is 398 g/mol. The second-order valence-corrected chi connectivity index (χ2v) is 7.46. The molecule has 7 nitrogen and oxygen atoms in total. The topological polar surface area (TPSA) is 75.3 Å². The van der Waals surface area contributed by atoms with Gasteiger partial charge in [0.2, 0.25) is 5.91 Å². The van der Waals surface area contributed by atoms with Crippen molar-refractivity contribution in [3.05, 3.63) is 47.5 Å². The summed E-state index contributed by atoms with van der Waals surface area (Å²) in [5.41, 5.74) is 1.32. The van der Waals surface area contributed by atoms with Crippen LogP contribution < -0.4 is 24.3 Å². The number of hydrogen-bond donors (Lipinski definition) is 1. The van der Waals surface area contributed by atoms with E-state index in [4.69, 9.17) is 23.7 Å². The number of carbonyl (C=O) groups is 1. The van der Waals surface area contributed by atoms with Gasteiger partial charge in [0.1, 0.15) is 0 Å². The minimum Gasteiger partial charge on any atom is -0.493 e. The first-order valence-electron chi connectivity index (χ1n) is 10.4. The molecule has 0 radical (unpaired) electrons. The fourth-order valence-electron chi connectivity index (χ4n) is 4.03. The van der Waals surface area contributed by atoms with Gasteiger partial charge in [-0.3, -0.25) is 4.79 Å². The molecule has 3 rings (SSSR count). The Kier molecular flexibility index (Phi) is 7.63. The lowest BCUT2D eigenvalue weighted by atomic mass is 9.73. The molecule has 168 valence electrons.